The van der Waals surface area contributed by atoms with Crippen LogP contribution in [0.4, 0.5) is 11.6 Å². The highest BCUT2D eigenvalue weighted by Crippen LogP contribution is 2.26. The average molecular weight is 377 g/mol. The molecule has 2 aromatic rings. The molecular weight excluding hydrogens is 356 g/mol. The van der Waals surface area contributed by atoms with E-state index in [-0.39, 0.29) is 6.61 Å². The van der Waals surface area contributed by atoms with Crippen molar-refractivity contribution >= 4 is 27.6 Å². The molecule has 2 N–H and O–H groups in total. The van der Waals surface area contributed by atoms with E-state index in [1.54, 1.807) is 0 Å². The number of aliphatic hydroxyl groups is 1. The molecule has 0 unspecified atom stereocenters. The summed E-state index contributed by atoms with van der Waals surface area (Å²) in [5.74, 6) is 2.53. The minimum absolute atomic E-state index is 0.182. The van der Waals surface area contributed by atoms with Gasteiger partial charge in [-0.3, -0.25) is 0 Å². The first-order valence-electron chi connectivity index (χ1n) is 7.88. The first-order chi connectivity index (χ1) is 11.2. The van der Waals surface area contributed by atoms with E-state index in [1.165, 1.54) is 11.1 Å². The van der Waals surface area contributed by atoms with Crippen LogP contribution in [0.2, 0.25) is 0 Å². The Bertz CT molecular complexity index is 692. The monoisotopic (exact) mass is 376 g/mol. The number of benzene rings is 1. The van der Waals surface area contributed by atoms with Crippen molar-refractivity contribution in [2.45, 2.75) is 26.3 Å². The lowest BCUT2D eigenvalue weighted by molar-refractivity contribution is 0.292. The Morgan fingerprint density at radius 1 is 1.26 bits per heavy atom. The molecule has 3 rings (SSSR count). The van der Waals surface area contributed by atoms with Crippen molar-refractivity contribution in [3.63, 3.8) is 0 Å². The van der Waals surface area contributed by atoms with Crippen LogP contribution in [0.3, 0.4) is 0 Å². The Morgan fingerprint density at radius 2 is 2.13 bits per heavy atom. The molecule has 0 atom stereocenters. The van der Waals surface area contributed by atoms with Crippen LogP contribution in [0.1, 0.15) is 23.4 Å². The van der Waals surface area contributed by atoms with E-state index in [0.717, 1.165) is 41.4 Å². The van der Waals surface area contributed by atoms with Gasteiger partial charge in [0, 0.05) is 36.8 Å². The summed E-state index contributed by atoms with van der Waals surface area (Å²) in [7, 11) is 0. The lowest BCUT2D eigenvalue weighted by atomic mass is 10.00. The fraction of sp³-hybridized carbons (Fsp3) is 0.412. The molecule has 0 spiro atoms. The molecule has 0 amide bonds. The number of hydrogen-bond acceptors (Lipinski definition) is 5. The first kappa shape index (κ1) is 16.2. The van der Waals surface area contributed by atoms with Gasteiger partial charge in [0.05, 0.1) is 0 Å². The number of nitrogens with one attached hydrogen (secondary N) is 1. The van der Waals surface area contributed by atoms with Gasteiger partial charge in [-0.25, -0.2) is 9.97 Å². The molecule has 1 aromatic heterocycles. The van der Waals surface area contributed by atoms with Gasteiger partial charge >= 0.3 is 0 Å². The van der Waals surface area contributed by atoms with Crippen molar-refractivity contribution in [1.29, 1.82) is 0 Å². The zero-order valence-corrected chi connectivity index (χ0v) is 14.8. The SMILES string of the molecule is Cc1nc(NCCCO)cc(N2CCc3ccc(Br)cc3C2)n1. The highest BCUT2D eigenvalue weighted by atomic mass is 79.9. The van der Waals surface area contributed by atoms with E-state index in [2.05, 4.69) is 54.3 Å². The van der Waals surface area contributed by atoms with Gasteiger partial charge < -0.3 is 15.3 Å². The molecule has 1 aliphatic heterocycles. The van der Waals surface area contributed by atoms with Gasteiger partial charge in [-0.1, -0.05) is 22.0 Å². The second-order valence-corrected chi connectivity index (χ2v) is 6.66. The van der Waals surface area contributed by atoms with Crippen LogP contribution < -0.4 is 10.2 Å². The van der Waals surface area contributed by atoms with Gasteiger partial charge in [0.15, 0.2) is 0 Å². The average Bonchev–Trinajstić information content (AvgIpc) is 2.54. The Balaban J connectivity index is 1.79. The highest BCUT2D eigenvalue weighted by Gasteiger charge is 2.18. The Morgan fingerprint density at radius 3 is 2.96 bits per heavy atom. The standard InChI is InChI=1S/C17H21BrN4O/c1-12-20-16(19-6-2-8-23)10-17(21-12)22-7-5-13-3-4-15(18)9-14(13)11-22/h3-4,9-10,23H,2,5-8,11H2,1H3,(H,19,20,21). The van der Waals surface area contributed by atoms with Crippen LogP contribution >= 0.6 is 15.9 Å². The summed E-state index contributed by atoms with van der Waals surface area (Å²) >= 11 is 3.55. The lowest BCUT2D eigenvalue weighted by Gasteiger charge is -2.30. The summed E-state index contributed by atoms with van der Waals surface area (Å²) in [5, 5.41) is 12.1. The van der Waals surface area contributed by atoms with E-state index in [4.69, 9.17) is 5.11 Å². The maximum atomic E-state index is 8.89. The van der Waals surface area contributed by atoms with Gasteiger partial charge in [-0.15, -0.1) is 0 Å². The van der Waals surface area contributed by atoms with Gasteiger partial charge in [-0.2, -0.15) is 0 Å². The molecule has 0 fully saturated rings. The summed E-state index contributed by atoms with van der Waals surface area (Å²) in [6, 6.07) is 8.49. The smallest absolute Gasteiger partial charge is 0.134 e. The second kappa shape index (κ2) is 7.27. The van der Waals surface area contributed by atoms with Crippen molar-refractivity contribution in [2.24, 2.45) is 0 Å². The summed E-state index contributed by atoms with van der Waals surface area (Å²) in [4.78, 5) is 11.3. The zero-order valence-electron chi connectivity index (χ0n) is 13.2. The molecule has 1 aliphatic rings. The number of anilines is 2. The lowest BCUT2D eigenvalue weighted by Crippen LogP contribution is -2.31. The fourth-order valence-electron chi connectivity index (χ4n) is 2.82. The van der Waals surface area contributed by atoms with Gasteiger partial charge in [0.2, 0.25) is 0 Å². The van der Waals surface area contributed by atoms with Gasteiger partial charge in [0.25, 0.3) is 0 Å². The topological polar surface area (TPSA) is 61.3 Å². The molecule has 23 heavy (non-hydrogen) atoms. The maximum Gasteiger partial charge on any atom is 0.134 e. The highest BCUT2D eigenvalue weighted by molar-refractivity contribution is 9.10. The molecule has 0 bridgehead atoms. The molecule has 0 saturated carbocycles. The van der Waals surface area contributed by atoms with Crippen LogP contribution in [0, 0.1) is 6.92 Å². The summed E-state index contributed by atoms with van der Waals surface area (Å²) < 4.78 is 1.11. The molecule has 122 valence electrons. The van der Waals surface area contributed by atoms with Crippen molar-refractivity contribution in [3.8, 4) is 0 Å². The van der Waals surface area contributed by atoms with Crippen LogP contribution in [0.25, 0.3) is 0 Å². The number of nitrogens with zero attached hydrogens (tertiary/aromatic N) is 3. The van der Waals surface area contributed by atoms with Crippen LogP contribution in [0.15, 0.2) is 28.7 Å². The first-order valence-corrected chi connectivity index (χ1v) is 8.67. The maximum absolute atomic E-state index is 8.89. The van der Waals surface area contributed by atoms with Crippen LogP contribution in [0.5, 0.6) is 0 Å². The van der Waals surface area contributed by atoms with Gasteiger partial charge in [0.1, 0.15) is 17.5 Å². The van der Waals surface area contributed by atoms with E-state index >= 15 is 0 Å². The number of fused-ring (bicyclic) bond motifs is 1. The molecule has 0 aliphatic carbocycles. The van der Waals surface area contributed by atoms with Crippen molar-refractivity contribution in [3.05, 3.63) is 45.7 Å². The Hall–Kier alpha value is -1.66. The second-order valence-electron chi connectivity index (χ2n) is 5.75. The number of rotatable bonds is 5. The van der Waals surface area contributed by atoms with Crippen LogP contribution in [-0.4, -0.2) is 34.8 Å². The molecule has 5 nitrogen and oxygen atoms in total. The molecule has 1 aromatic carbocycles. The third-order valence-electron chi connectivity index (χ3n) is 3.97. The third kappa shape index (κ3) is 4.00. The van der Waals surface area contributed by atoms with Gasteiger partial charge in [-0.05, 0) is 43.0 Å². The molecule has 0 radical (unpaired) electrons. The van der Waals surface area contributed by atoms with E-state index in [9.17, 15) is 0 Å². The number of aryl methyl sites for hydroxylation is 1. The molecular formula is C17H21BrN4O. The van der Waals surface area contributed by atoms with Crippen molar-refractivity contribution < 1.29 is 5.11 Å². The minimum Gasteiger partial charge on any atom is -0.396 e. The largest absolute Gasteiger partial charge is 0.396 e. The summed E-state index contributed by atoms with van der Waals surface area (Å²) in [6.45, 7) is 4.63. The van der Waals surface area contributed by atoms with Crippen molar-refractivity contribution in [1.82, 2.24) is 9.97 Å². The Labute approximate surface area is 144 Å². The van der Waals surface area contributed by atoms with E-state index in [0.29, 0.717) is 13.0 Å². The quantitative estimate of drug-likeness (QED) is 0.785. The molecule has 2 heterocycles. The minimum atomic E-state index is 0.182. The predicted octanol–water partition coefficient (Wildman–Crippen LogP) is 2.90. The zero-order chi connectivity index (χ0) is 16.2. The molecule has 0 saturated heterocycles. The Kier molecular flexibility index (Phi) is 5.13. The summed E-state index contributed by atoms with van der Waals surface area (Å²) in [6.07, 6.45) is 1.74. The normalized spacial score (nSPS) is 13.8. The summed E-state index contributed by atoms with van der Waals surface area (Å²) in [5.41, 5.74) is 2.76. The van der Waals surface area contributed by atoms with Crippen molar-refractivity contribution in [2.75, 3.05) is 29.9 Å². The predicted molar refractivity (Wildman–Crippen MR) is 95.9 cm³/mol. The number of hydrogen-bond donors (Lipinski definition) is 2. The number of aliphatic hydroxyl groups excluding tert-OH is 1. The van der Waals surface area contributed by atoms with Crippen LogP contribution in [-0.2, 0) is 13.0 Å². The van der Waals surface area contributed by atoms with E-state index < -0.39 is 0 Å². The molecule has 6 heteroatoms. The third-order valence-corrected chi connectivity index (χ3v) is 4.46. The van der Waals surface area contributed by atoms with E-state index in [1.807, 2.05) is 13.0 Å². The fourth-order valence-corrected chi connectivity index (χ4v) is 3.23. The number of aromatic nitrogens is 2. The number of halogens is 1.